The fraction of sp³-hybridized carbons (Fsp3) is 0.290. The molecule has 1 aliphatic heterocycles. The summed E-state index contributed by atoms with van der Waals surface area (Å²) < 4.78 is 6.51. The summed E-state index contributed by atoms with van der Waals surface area (Å²) >= 11 is 2.18. The number of aliphatic hydroxyl groups excluding tert-OH is 1. The molecule has 7 nitrogen and oxygen atoms in total. The van der Waals surface area contributed by atoms with E-state index in [2.05, 4.69) is 22.6 Å². The summed E-state index contributed by atoms with van der Waals surface area (Å²) in [6, 6.07) is 14.6. The number of amides is 2. The van der Waals surface area contributed by atoms with Gasteiger partial charge in [0, 0.05) is 26.2 Å². The highest BCUT2D eigenvalue weighted by Gasteiger charge is 2.56. The Kier molecular flexibility index (Phi) is 6.63. The number of ketones is 2. The number of aliphatic hydroxyl groups is 1. The van der Waals surface area contributed by atoms with E-state index in [9.17, 15) is 19.2 Å². The fourth-order valence-electron chi connectivity index (χ4n) is 6.53. The smallest absolute Gasteiger partial charge is 0.238 e. The standard InChI is InChI=1S/C31H26INO6/c1-16-14-25(35)28-24(29(16)36)15-23-21(26(28)17-2-8-20(9-3-17)39-13-12-34)10-11-22-27(23)31(38)33(30(22)37)19-6-4-18(32)5-7-19/h2-10,14,22-23,26-27,34H,11-13,15H2,1H3/t22-,23+,26-,27-/m0/s1. The maximum atomic E-state index is 13.9. The number of allylic oxidation sites excluding steroid dienone is 6. The summed E-state index contributed by atoms with van der Waals surface area (Å²) in [5.41, 5.74) is 3.57. The number of Topliss-reactive ketones (excluding diaryl/α,β-unsaturated/α-hetero) is 1. The molecule has 2 amide bonds. The van der Waals surface area contributed by atoms with E-state index >= 15 is 0 Å². The molecule has 1 heterocycles. The lowest BCUT2D eigenvalue weighted by Gasteiger charge is -2.42. The molecule has 6 rings (SSSR count). The molecule has 198 valence electrons. The Labute approximate surface area is 239 Å². The molecule has 0 aromatic heterocycles. The number of imide groups is 1. The number of fused-ring (bicyclic) bond motifs is 3. The molecule has 3 aliphatic carbocycles. The Morgan fingerprint density at radius 3 is 2.38 bits per heavy atom. The molecule has 0 radical (unpaired) electrons. The number of rotatable bonds is 5. The average molecular weight is 635 g/mol. The summed E-state index contributed by atoms with van der Waals surface area (Å²) in [4.78, 5) is 55.5. The highest BCUT2D eigenvalue weighted by atomic mass is 127. The van der Waals surface area contributed by atoms with Gasteiger partial charge >= 0.3 is 0 Å². The number of halogens is 1. The molecule has 4 atom stereocenters. The van der Waals surface area contributed by atoms with Gasteiger partial charge in [-0.3, -0.25) is 24.1 Å². The van der Waals surface area contributed by atoms with E-state index in [1.807, 2.05) is 30.3 Å². The second-order valence-corrected chi connectivity index (χ2v) is 11.6. The highest BCUT2D eigenvalue weighted by Crippen LogP contribution is 2.55. The van der Waals surface area contributed by atoms with Gasteiger partial charge in [0.2, 0.25) is 11.8 Å². The van der Waals surface area contributed by atoms with Crippen molar-refractivity contribution >= 4 is 51.7 Å². The average Bonchev–Trinajstić information content (AvgIpc) is 3.20. The van der Waals surface area contributed by atoms with E-state index in [0.29, 0.717) is 34.6 Å². The van der Waals surface area contributed by atoms with Crippen molar-refractivity contribution in [3.63, 3.8) is 0 Å². The summed E-state index contributed by atoms with van der Waals surface area (Å²) in [6.45, 7) is 1.70. The van der Waals surface area contributed by atoms with Crippen LogP contribution in [0.2, 0.25) is 0 Å². The van der Waals surface area contributed by atoms with Crippen LogP contribution < -0.4 is 9.64 Å². The van der Waals surface area contributed by atoms with Gasteiger partial charge in [0.1, 0.15) is 12.4 Å². The van der Waals surface area contributed by atoms with Crippen LogP contribution in [-0.4, -0.2) is 41.7 Å². The molecule has 1 N–H and O–H groups in total. The minimum absolute atomic E-state index is 0.105. The third-order valence-corrected chi connectivity index (χ3v) is 8.94. The Bertz CT molecular complexity index is 1500. The van der Waals surface area contributed by atoms with E-state index in [-0.39, 0.29) is 48.9 Å². The van der Waals surface area contributed by atoms with Crippen LogP contribution in [0.3, 0.4) is 0 Å². The molecule has 0 bridgehead atoms. The number of carbonyl (C=O) groups is 4. The van der Waals surface area contributed by atoms with Crippen LogP contribution in [0.1, 0.15) is 31.2 Å². The molecular formula is C31H26INO6. The number of nitrogens with zero attached hydrogens (tertiary/aromatic N) is 1. The molecule has 0 spiro atoms. The first kappa shape index (κ1) is 25.9. The number of ether oxygens (including phenoxy) is 1. The lowest BCUT2D eigenvalue weighted by atomic mass is 9.59. The van der Waals surface area contributed by atoms with Gasteiger partial charge in [-0.2, -0.15) is 0 Å². The van der Waals surface area contributed by atoms with E-state index in [0.717, 1.165) is 14.7 Å². The zero-order chi connectivity index (χ0) is 27.4. The SMILES string of the molecule is CC1=CC(=O)C2=C(C[C@@H]3C(=CC[C@@H]4C(=O)N(c5ccc(I)cc5)C(=O)[C@@H]43)[C@@H]2c2ccc(OCCO)cc2)C1=O. The lowest BCUT2D eigenvalue weighted by molar-refractivity contribution is -0.123. The van der Waals surface area contributed by atoms with Gasteiger partial charge in [-0.15, -0.1) is 0 Å². The predicted octanol–water partition coefficient (Wildman–Crippen LogP) is 4.30. The molecule has 2 aromatic carbocycles. The maximum absolute atomic E-state index is 13.9. The largest absolute Gasteiger partial charge is 0.491 e. The van der Waals surface area contributed by atoms with Gasteiger partial charge < -0.3 is 9.84 Å². The third kappa shape index (κ3) is 4.21. The second-order valence-electron chi connectivity index (χ2n) is 10.4. The zero-order valence-corrected chi connectivity index (χ0v) is 23.4. The van der Waals surface area contributed by atoms with Crippen LogP contribution in [0.25, 0.3) is 0 Å². The Hall–Kier alpha value is -3.37. The van der Waals surface area contributed by atoms with Crippen molar-refractivity contribution in [2.75, 3.05) is 18.1 Å². The second kappa shape index (κ2) is 9.98. The van der Waals surface area contributed by atoms with Gasteiger partial charge in [0.15, 0.2) is 11.6 Å². The molecule has 4 aliphatic rings. The van der Waals surface area contributed by atoms with Crippen molar-refractivity contribution < 1.29 is 29.0 Å². The monoisotopic (exact) mass is 635 g/mol. The minimum atomic E-state index is -0.602. The first-order valence-electron chi connectivity index (χ1n) is 13.0. The van der Waals surface area contributed by atoms with Crippen molar-refractivity contribution in [3.8, 4) is 5.75 Å². The molecule has 8 heteroatoms. The number of anilines is 1. The van der Waals surface area contributed by atoms with Crippen molar-refractivity contribution in [2.45, 2.75) is 25.7 Å². The molecule has 0 saturated carbocycles. The molecule has 0 unspecified atom stereocenters. The predicted molar refractivity (Wildman–Crippen MR) is 152 cm³/mol. The van der Waals surface area contributed by atoms with Crippen LogP contribution >= 0.6 is 22.6 Å². The molecule has 1 saturated heterocycles. The van der Waals surface area contributed by atoms with Crippen LogP contribution in [0.5, 0.6) is 5.75 Å². The molecule has 1 fully saturated rings. The summed E-state index contributed by atoms with van der Waals surface area (Å²) in [6.07, 6.45) is 4.08. The van der Waals surface area contributed by atoms with E-state index in [1.165, 1.54) is 11.0 Å². The first-order valence-corrected chi connectivity index (χ1v) is 14.0. The third-order valence-electron chi connectivity index (χ3n) is 8.22. The number of hydrogen-bond acceptors (Lipinski definition) is 6. The Morgan fingerprint density at radius 1 is 0.974 bits per heavy atom. The normalized spacial score (nSPS) is 26.2. The first-order chi connectivity index (χ1) is 18.8. The van der Waals surface area contributed by atoms with Gasteiger partial charge in [0.25, 0.3) is 0 Å². The van der Waals surface area contributed by atoms with Crippen molar-refractivity contribution in [2.24, 2.45) is 17.8 Å². The van der Waals surface area contributed by atoms with Crippen LogP contribution in [-0.2, 0) is 19.2 Å². The number of carbonyl (C=O) groups excluding carboxylic acids is 4. The van der Waals surface area contributed by atoms with Gasteiger partial charge in [0.05, 0.1) is 24.1 Å². The van der Waals surface area contributed by atoms with Crippen LogP contribution in [0, 0.1) is 21.3 Å². The lowest BCUT2D eigenvalue weighted by Crippen LogP contribution is -2.39. The fourth-order valence-corrected chi connectivity index (χ4v) is 6.89. The summed E-state index contributed by atoms with van der Waals surface area (Å²) in [7, 11) is 0. The quantitative estimate of drug-likeness (QED) is 0.228. The number of benzene rings is 2. The van der Waals surface area contributed by atoms with Gasteiger partial charge in [-0.1, -0.05) is 23.8 Å². The van der Waals surface area contributed by atoms with Crippen molar-refractivity contribution in [1.29, 1.82) is 0 Å². The van der Waals surface area contributed by atoms with E-state index in [4.69, 9.17) is 9.84 Å². The minimum Gasteiger partial charge on any atom is -0.491 e. The topological polar surface area (TPSA) is 101 Å². The maximum Gasteiger partial charge on any atom is 0.238 e. The molecule has 2 aromatic rings. The summed E-state index contributed by atoms with van der Waals surface area (Å²) in [5, 5.41) is 9.07. The zero-order valence-electron chi connectivity index (χ0n) is 21.2. The van der Waals surface area contributed by atoms with Crippen LogP contribution in [0.4, 0.5) is 5.69 Å². The Balaban J connectivity index is 1.43. The summed E-state index contributed by atoms with van der Waals surface area (Å²) in [5.74, 6) is -2.23. The Morgan fingerprint density at radius 2 is 1.69 bits per heavy atom. The highest BCUT2D eigenvalue weighted by molar-refractivity contribution is 14.1. The van der Waals surface area contributed by atoms with Gasteiger partial charge in [-0.05, 0) is 96.3 Å². The number of hydrogen-bond donors (Lipinski definition) is 1. The molecule has 39 heavy (non-hydrogen) atoms. The van der Waals surface area contributed by atoms with Crippen molar-refractivity contribution in [3.05, 3.63) is 92.1 Å². The molecular weight excluding hydrogens is 609 g/mol. The van der Waals surface area contributed by atoms with Gasteiger partial charge in [-0.25, -0.2) is 0 Å². The van der Waals surface area contributed by atoms with E-state index in [1.54, 1.807) is 31.2 Å². The van der Waals surface area contributed by atoms with Crippen molar-refractivity contribution in [1.82, 2.24) is 0 Å². The van der Waals surface area contributed by atoms with E-state index < -0.39 is 17.8 Å². The van der Waals surface area contributed by atoms with Crippen LogP contribution in [0.15, 0.2) is 83.0 Å².